The fraction of sp³-hybridized carbons (Fsp3) is 0.190. The molecule has 0 fully saturated rings. The van der Waals surface area contributed by atoms with Crippen LogP contribution in [0.25, 0.3) is 11.4 Å². The van der Waals surface area contributed by atoms with Crippen LogP contribution in [0.4, 0.5) is 5.69 Å². The zero-order valence-electron chi connectivity index (χ0n) is 15.6. The molecule has 0 atom stereocenters. The van der Waals surface area contributed by atoms with E-state index in [1.807, 2.05) is 41.1 Å². The molecule has 2 amide bonds. The van der Waals surface area contributed by atoms with E-state index >= 15 is 0 Å². The second kappa shape index (κ2) is 9.36. The summed E-state index contributed by atoms with van der Waals surface area (Å²) in [6, 6.07) is 16.8. The van der Waals surface area contributed by atoms with Crippen LogP contribution >= 0.6 is 0 Å². The number of anilines is 1. The number of imidazole rings is 1. The standard InChI is InChI=1S/C21H22N4O3/c1-28-18-11-6-5-10-17(18)24-21(27)20(26)23-12-7-14-25-15-13-22-19(25)16-8-3-2-4-9-16/h2-6,8-11,13,15H,7,12,14H2,1H3,(H,23,26)(H,24,27). The molecule has 1 aromatic heterocycles. The average molecular weight is 378 g/mol. The first-order chi connectivity index (χ1) is 13.7. The molecule has 0 bridgehead atoms. The van der Waals surface area contributed by atoms with Crippen molar-refractivity contribution in [1.29, 1.82) is 0 Å². The molecule has 0 radical (unpaired) electrons. The maximum atomic E-state index is 12.0. The Hall–Kier alpha value is -3.61. The van der Waals surface area contributed by atoms with Crippen molar-refractivity contribution in [2.24, 2.45) is 0 Å². The van der Waals surface area contributed by atoms with Gasteiger partial charge in [-0.2, -0.15) is 0 Å². The number of benzene rings is 2. The van der Waals surface area contributed by atoms with Crippen LogP contribution < -0.4 is 15.4 Å². The van der Waals surface area contributed by atoms with Crippen molar-refractivity contribution in [3.63, 3.8) is 0 Å². The number of amides is 2. The number of aryl methyl sites for hydroxylation is 1. The Morgan fingerprint density at radius 1 is 1.04 bits per heavy atom. The summed E-state index contributed by atoms with van der Waals surface area (Å²) in [5.74, 6) is -0.0324. The van der Waals surface area contributed by atoms with E-state index in [1.165, 1.54) is 7.11 Å². The third kappa shape index (κ3) is 4.76. The van der Waals surface area contributed by atoms with Crippen LogP contribution in [0.15, 0.2) is 67.0 Å². The fourth-order valence-electron chi connectivity index (χ4n) is 2.80. The Bertz CT molecular complexity index is 938. The molecular formula is C21H22N4O3. The second-order valence-corrected chi connectivity index (χ2v) is 6.07. The molecule has 0 aliphatic carbocycles. The summed E-state index contributed by atoms with van der Waals surface area (Å²) >= 11 is 0. The van der Waals surface area contributed by atoms with Gasteiger partial charge >= 0.3 is 11.8 Å². The molecule has 28 heavy (non-hydrogen) atoms. The third-order valence-corrected chi connectivity index (χ3v) is 4.17. The van der Waals surface area contributed by atoms with Crippen molar-refractivity contribution in [3.8, 4) is 17.1 Å². The van der Waals surface area contributed by atoms with Crippen LogP contribution in [0.3, 0.4) is 0 Å². The van der Waals surface area contributed by atoms with Crippen molar-refractivity contribution < 1.29 is 14.3 Å². The highest BCUT2D eigenvalue weighted by atomic mass is 16.5. The molecule has 7 heteroatoms. The number of methoxy groups -OCH3 is 1. The third-order valence-electron chi connectivity index (χ3n) is 4.17. The Morgan fingerprint density at radius 3 is 2.57 bits per heavy atom. The quantitative estimate of drug-likeness (QED) is 0.489. The maximum Gasteiger partial charge on any atom is 0.313 e. The summed E-state index contributed by atoms with van der Waals surface area (Å²) in [5.41, 5.74) is 1.49. The van der Waals surface area contributed by atoms with Gasteiger partial charge < -0.3 is 19.9 Å². The van der Waals surface area contributed by atoms with Crippen molar-refractivity contribution in [1.82, 2.24) is 14.9 Å². The lowest BCUT2D eigenvalue weighted by Gasteiger charge is -2.10. The van der Waals surface area contributed by atoms with E-state index in [2.05, 4.69) is 15.6 Å². The summed E-state index contributed by atoms with van der Waals surface area (Å²) in [6.45, 7) is 1.06. The minimum atomic E-state index is -0.725. The molecule has 0 spiro atoms. The summed E-state index contributed by atoms with van der Waals surface area (Å²) in [6.07, 6.45) is 4.32. The first kappa shape index (κ1) is 19.2. The largest absolute Gasteiger partial charge is 0.495 e. The molecule has 3 rings (SSSR count). The average Bonchev–Trinajstić information content (AvgIpc) is 3.20. The number of hydrogen-bond donors (Lipinski definition) is 2. The van der Waals surface area contributed by atoms with Crippen LogP contribution in [0.1, 0.15) is 6.42 Å². The predicted molar refractivity (Wildman–Crippen MR) is 107 cm³/mol. The predicted octanol–water partition coefficient (Wildman–Crippen LogP) is 2.70. The number of ether oxygens (including phenoxy) is 1. The van der Waals surface area contributed by atoms with Gasteiger partial charge in [0.1, 0.15) is 11.6 Å². The molecule has 0 unspecified atom stereocenters. The Kier molecular flexibility index (Phi) is 6.41. The van der Waals surface area contributed by atoms with Gasteiger partial charge in [-0.15, -0.1) is 0 Å². The summed E-state index contributed by atoms with van der Waals surface area (Å²) in [5, 5.41) is 5.19. The highest BCUT2D eigenvalue weighted by Gasteiger charge is 2.15. The van der Waals surface area contributed by atoms with Crippen molar-refractivity contribution in [3.05, 3.63) is 67.0 Å². The van der Waals surface area contributed by atoms with Gasteiger partial charge in [0.05, 0.1) is 12.8 Å². The molecule has 2 aromatic carbocycles. The van der Waals surface area contributed by atoms with Crippen LogP contribution in [0.5, 0.6) is 5.75 Å². The number of hydrogen-bond acceptors (Lipinski definition) is 4. The normalized spacial score (nSPS) is 10.3. The van der Waals surface area contributed by atoms with Crippen LogP contribution in [0.2, 0.25) is 0 Å². The molecule has 0 saturated carbocycles. The van der Waals surface area contributed by atoms with Gasteiger partial charge in [0, 0.05) is 31.0 Å². The highest BCUT2D eigenvalue weighted by Crippen LogP contribution is 2.22. The lowest BCUT2D eigenvalue weighted by Crippen LogP contribution is -2.36. The van der Waals surface area contributed by atoms with E-state index in [-0.39, 0.29) is 0 Å². The molecule has 144 valence electrons. The number of para-hydroxylation sites is 2. The number of carbonyl (C=O) groups excluding carboxylic acids is 2. The monoisotopic (exact) mass is 378 g/mol. The Morgan fingerprint density at radius 2 is 1.79 bits per heavy atom. The highest BCUT2D eigenvalue weighted by molar-refractivity contribution is 6.39. The molecule has 0 aliphatic rings. The zero-order valence-corrected chi connectivity index (χ0v) is 15.6. The lowest BCUT2D eigenvalue weighted by molar-refractivity contribution is -0.136. The van der Waals surface area contributed by atoms with Gasteiger partial charge in [0.15, 0.2) is 0 Å². The number of rotatable bonds is 7. The Labute approximate surface area is 163 Å². The molecule has 3 aromatic rings. The summed E-state index contributed by atoms with van der Waals surface area (Å²) in [4.78, 5) is 28.5. The fourth-order valence-corrected chi connectivity index (χ4v) is 2.80. The van der Waals surface area contributed by atoms with Crippen LogP contribution in [-0.4, -0.2) is 35.0 Å². The van der Waals surface area contributed by atoms with Crippen LogP contribution in [0, 0.1) is 0 Å². The van der Waals surface area contributed by atoms with E-state index < -0.39 is 11.8 Å². The molecule has 0 aliphatic heterocycles. The molecule has 2 N–H and O–H groups in total. The van der Waals surface area contributed by atoms with E-state index in [4.69, 9.17) is 4.74 Å². The first-order valence-corrected chi connectivity index (χ1v) is 8.98. The topological polar surface area (TPSA) is 85.2 Å². The smallest absolute Gasteiger partial charge is 0.313 e. The van der Waals surface area contributed by atoms with Gasteiger partial charge in [-0.1, -0.05) is 42.5 Å². The maximum absolute atomic E-state index is 12.0. The number of nitrogens with zero attached hydrogens (tertiary/aromatic N) is 2. The minimum Gasteiger partial charge on any atom is -0.495 e. The van der Waals surface area contributed by atoms with E-state index in [9.17, 15) is 9.59 Å². The number of aromatic nitrogens is 2. The zero-order chi connectivity index (χ0) is 19.8. The van der Waals surface area contributed by atoms with Crippen LogP contribution in [-0.2, 0) is 16.1 Å². The molecule has 0 saturated heterocycles. The second-order valence-electron chi connectivity index (χ2n) is 6.07. The van der Waals surface area contributed by atoms with Crippen molar-refractivity contribution in [2.45, 2.75) is 13.0 Å². The molecular weight excluding hydrogens is 356 g/mol. The first-order valence-electron chi connectivity index (χ1n) is 8.98. The molecule has 1 heterocycles. The van der Waals surface area contributed by atoms with E-state index in [0.29, 0.717) is 30.9 Å². The summed E-state index contributed by atoms with van der Waals surface area (Å²) < 4.78 is 7.18. The number of carbonyl (C=O) groups is 2. The minimum absolute atomic E-state index is 0.380. The van der Waals surface area contributed by atoms with Crippen molar-refractivity contribution in [2.75, 3.05) is 19.0 Å². The van der Waals surface area contributed by atoms with E-state index in [0.717, 1.165) is 11.4 Å². The number of nitrogens with one attached hydrogen (secondary N) is 2. The van der Waals surface area contributed by atoms with E-state index in [1.54, 1.807) is 30.5 Å². The van der Waals surface area contributed by atoms with Gasteiger partial charge in [-0.3, -0.25) is 9.59 Å². The lowest BCUT2D eigenvalue weighted by atomic mass is 10.2. The molecule has 7 nitrogen and oxygen atoms in total. The SMILES string of the molecule is COc1ccccc1NC(=O)C(=O)NCCCn1ccnc1-c1ccccc1. The van der Waals surface area contributed by atoms with Gasteiger partial charge in [-0.05, 0) is 18.6 Å². The van der Waals surface area contributed by atoms with Gasteiger partial charge in [0.25, 0.3) is 0 Å². The van der Waals surface area contributed by atoms with Gasteiger partial charge in [0.2, 0.25) is 0 Å². The summed E-state index contributed by atoms with van der Waals surface area (Å²) in [7, 11) is 1.50. The van der Waals surface area contributed by atoms with Gasteiger partial charge in [-0.25, -0.2) is 4.98 Å². The Balaban J connectivity index is 1.47. The van der Waals surface area contributed by atoms with Crippen molar-refractivity contribution >= 4 is 17.5 Å².